The molecular weight excluding hydrogens is 289 g/mol. The third kappa shape index (κ3) is 2.21. The van der Waals surface area contributed by atoms with E-state index in [1.165, 1.54) is 12.1 Å². The van der Waals surface area contributed by atoms with E-state index < -0.39 is 0 Å². The van der Waals surface area contributed by atoms with Gasteiger partial charge in [0.2, 0.25) is 0 Å². The molecule has 4 rings (SSSR count). The number of nitrogens with zero attached hydrogens (tertiary/aromatic N) is 5. The van der Waals surface area contributed by atoms with Gasteiger partial charge in [0.25, 0.3) is 6.01 Å². The third-order valence-corrected chi connectivity index (χ3v) is 3.71. The Morgan fingerprint density at radius 2 is 2.27 bits per heavy atom. The van der Waals surface area contributed by atoms with Crippen molar-refractivity contribution in [3.63, 3.8) is 0 Å². The van der Waals surface area contributed by atoms with Crippen LogP contribution in [-0.4, -0.2) is 39.4 Å². The van der Waals surface area contributed by atoms with Crippen molar-refractivity contribution in [2.45, 2.75) is 6.10 Å². The van der Waals surface area contributed by atoms with Gasteiger partial charge >= 0.3 is 0 Å². The summed E-state index contributed by atoms with van der Waals surface area (Å²) in [6.45, 7) is 1.75. The molecule has 8 heteroatoms. The van der Waals surface area contributed by atoms with Gasteiger partial charge in [-0.25, -0.2) is 4.39 Å². The Kier molecular flexibility index (Phi) is 3.04. The van der Waals surface area contributed by atoms with Crippen molar-refractivity contribution in [3.05, 3.63) is 36.2 Å². The van der Waals surface area contributed by atoms with Crippen LogP contribution in [0.1, 0.15) is 11.9 Å². The van der Waals surface area contributed by atoms with E-state index in [0.29, 0.717) is 36.8 Å². The van der Waals surface area contributed by atoms with Gasteiger partial charge in [-0.2, -0.15) is 4.98 Å². The molecule has 0 amide bonds. The standard InChI is InChI=1S/C14H14FN5O2/c1-19-8-16-18-13(19)12-7-20(4-5-21-12)14-17-10-6-9(15)2-3-11(10)22-14/h2-3,6,8,12H,4-5,7H2,1H3/t12-/m1/s1. The van der Waals surface area contributed by atoms with Gasteiger partial charge in [0.15, 0.2) is 11.4 Å². The summed E-state index contributed by atoms with van der Waals surface area (Å²) in [6, 6.07) is 4.78. The van der Waals surface area contributed by atoms with Crippen LogP contribution >= 0.6 is 0 Å². The maximum atomic E-state index is 13.2. The number of oxazole rings is 1. The zero-order chi connectivity index (χ0) is 15.1. The van der Waals surface area contributed by atoms with Gasteiger partial charge in [-0.15, -0.1) is 10.2 Å². The molecule has 1 atom stereocenters. The van der Waals surface area contributed by atoms with Crippen LogP contribution in [0.2, 0.25) is 0 Å². The monoisotopic (exact) mass is 303 g/mol. The predicted octanol–water partition coefficient (Wildman–Crippen LogP) is 1.67. The summed E-state index contributed by atoms with van der Waals surface area (Å²) in [6.07, 6.45) is 1.44. The van der Waals surface area contributed by atoms with Crippen molar-refractivity contribution in [1.29, 1.82) is 0 Å². The van der Waals surface area contributed by atoms with Crippen LogP contribution in [0, 0.1) is 5.82 Å². The first kappa shape index (κ1) is 13.2. The highest BCUT2D eigenvalue weighted by molar-refractivity contribution is 5.74. The lowest BCUT2D eigenvalue weighted by Gasteiger charge is -2.31. The van der Waals surface area contributed by atoms with Crippen LogP contribution in [-0.2, 0) is 11.8 Å². The van der Waals surface area contributed by atoms with Gasteiger partial charge in [0, 0.05) is 19.7 Å². The lowest BCUT2D eigenvalue weighted by atomic mass is 10.2. The summed E-state index contributed by atoms with van der Waals surface area (Å²) in [4.78, 5) is 6.33. The van der Waals surface area contributed by atoms with Gasteiger partial charge in [0.05, 0.1) is 13.2 Å². The van der Waals surface area contributed by atoms with Gasteiger partial charge in [-0.3, -0.25) is 0 Å². The largest absolute Gasteiger partial charge is 0.423 e. The first-order chi connectivity index (χ1) is 10.7. The molecular formula is C14H14FN5O2. The molecule has 7 nitrogen and oxygen atoms in total. The van der Waals surface area contributed by atoms with E-state index in [0.717, 1.165) is 5.82 Å². The van der Waals surface area contributed by atoms with Crippen LogP contribution in [0.15, 0.2) is 28.9 Å². The van der Waals surface area contributed by atoms with Crippen molar-refractivity contribution >= 4 is 17.1 Å². The van der Waals surface area contributed by atoms with Crippen LogP contribution < -0.4 is 4.90 Å². The van der Waals surface area contributed by atoms with E-state index >= 15 is 0 Å². The summed E-state index contributed by atoms with van der Waals surface area (Å²) < 4.78 is 26.5. The highest BCUT2D eigenvalue weighted by Gasteiger charge is 2.28. The molecule has 0 unspecified atom stereocenters. The van der Waals surface area contributed by atoms with Gasteiger partial charge in [0.1, 0.15) is 23.8 Å². The van der Waals surface area contributed by atoms with Crippen molar-refractivity contribution in [3.8, 4) is 0 Å². The van der Waals surface area contributed by atoms with E-state index in [4.69, 9.17) is 9.15 Å². The van der Waals surface area contributed by atoms with E-state index in [1.54, 1.807) is 12.4 Å². The molecule has 1 fully saturated rings. The Morgan fingerprint density at radius 1 is 1.36 bits per heavy atom. The molecule has 1 aliphatic rings. The Hall–Kier alpha value is -2.48. The number of hydrogen-bond donors (Lipinski definition) is 0. The summed E-state index contributed by atoms with van der Waals surface area (Å²) >= 11 is 0. The predicted molar refractivity (Wildman–Crippen MR) is 75.9 cm³/mol. The lowest BCUT2D eigenvalue weighted by molar-refractivity contribution is 0.0305. The molecule has 1 saturated heterocycles. The number of morpholine rings is 1. The first-order valence-corrected chi connectivity index (χ1v) is 6.97. The Bertz CT molecular complexity index is 815. The fourth-order valence-corrected chi connectivity index (χ4v) is 2.59. The number of fused-ring (bicyclic) bond motifs is 1. The summed E-state index contributed by atoms with van der Waals surface area (Å²) in [5, 5.41) is 7.96. The lowest BCUT2D eigenvalue weighted by Crippen LogP contribution is -2.39. The zero-order valence-corrected chi connectivity index (χ0v) is 11.9. The van der Waals surface area contributed by atoms with E-state index in [1.807, 2.05) is 16.5 Å². The van der Waals surface area contributed by atoms with Crippen LogP contribution in [0.3, 0.4) is 0 Å². The second kappa shape index (κ2) is 5.06. The molecule has 0 saturated carbocycles. The number of aromatic nitrogens is 4. The number of halogens is 1. The van der Waals surface area contributed by atoms with E-state index in [-0.39, 0.29) is 11.9 Å². The van der Waals surface area contributed by atoms with E-state index in [2.05, 4.69) is 15.2 Å². The number of anilines is 1. The number of aryl methyl sites for hydroxylation is 1. The molecule has 1 aliphatic heterocycles. The summed E-state index contributed by atoms with van der Waals surface area (Å²) in [5.41, 5.74) is 1.08. The molecule has 3 heterocycles. The highest BCUT2D eigenvalue weighted by atomic mass is 19.1. The van der Waals surface area contributed by atoms with Crippen molar-refractivity contribution in [2.24, 2.45) is 7.05 Å². The first-order valence-electron chi connectivity index (χ1n) is 6.97. The number of rotatable bonds is 2. The molecule has 114 valence electrons. The van der Waals surface area contributed by atoms with Crippen LogP contribution in [0.5, 0.6) is 0 Å². The smallest absolute Gasteiger partial charge is 0.298 e. The quantitative estimate of drug-likeness (QED) is 0.717. The third-order valence-electron chi connectivity index (χ3n) is 3.71. The minimum absolute atomic E-state index is 0.201. The van der Waals surface area contributed by atoms with Crippen molar-refractivity contribution in [2.75, 3.05) is 24.6 Å². The topological polar surface area (TPSA) is 69.2 Å². The molecule has 0 radical (unpaired) electrons. The second-order valence-electron chi connectivity index (χ2n) is 5.21. The maximum Gasteiger partial charge on any atom is 0.298 e. The summed E-state index contributed by atoms with van der Waals surface area (Å²) in [5.74, 6) is 0.429. The van der Waals surface area contributed by atoms with Crippen LogP contribution in [0.4, 0.5) is 10.4 Å². The molecule has 0 aliphatic carbocycles. The Morgan fingerprint density at radius 3 is 3.09 bits per heavy atom. The van der Waals surface area contributed by atoms with Crippen LogP contribution in [0.25, 0.3) is 11.1 Å². The molecule has 1 aromatic carbocycles. The molecule has 3 aromatic rings. The highest BCUT2D eigenvalue weighted by Crippen LogP contribution is 2.27. The van der Waals surface area contributed by atoms with Gasteiger partial charge in [-0.05, 0) is 12.1 Å². The normalized spacial score (nSPS) is 19.0. The Balaban J connectivity index is 1.62. The number of ether oxygens (including phenoxy) is 1. The minimum Gasteiger partial charge on any atom is -0.423 e. The molecule has 2 aromatic heterocycles. The molecule has 0 bridgehead atoms. The average Bonchev–Trinajstić information content (AvgIpc) is 3.13. The second-order valence-corrected chi connectivity index (χ2v) is 5.21. The fourth-order valence-electron chi connectivity index (χ4n) is 2.59. The average molecular weight is 303 g/mol. The fraction of sp³-hybridized carbons (Fsp3) is 0.357. The van der Waals surface area contributed by atoms with E-state index in [9.17, 15) is 4.39 Å². The Labute approximate surface area is 125 Å². The zero-order valence-electron chi connectivity index (χ0n) is 11.9. The number of benzene rings is 1. The molecule has 0 spiro atoms. The SMILES string of the molecule is Cn1cnnc1[C@H]1CN(c2nc3cc(F)ccc3o2)CCO1. The maximum absolute atomic E-state index is 13.2. The minimum atomic E-state index is -0.328. The van der Waals surface area contributed by atoms with Gasteiger partial charge in [-0.1, -0.05) is 0 Å². The van der Waals surface area contributed by atoms with Crippen molar-refractivity contribution in [1.82, 2.24) is 19.7 Å². The molecule has 0 N–H and O–H groups in total. The molecule has 22 heavy (non-hydrogen) atoms. The van der Waals surface area contributed by atoms with Crippen molar-refractivity contribution < 1.29 is 13.5 Å². The number of hydrogen-bond acceptors (Lipinski definition) is 6. The summed E-state index contributed by atoms with van der Waals surface area (Å²) in [7, 11) is 1.87. The van der Waals surface area contributed by atoms with Gasteiger partial charge < -0.3 is 18.6 Å².